The van der Waals surface area contributed by atoms with E-state index in [1.807, 2.05) is 12.3 Å². The van der Waals surface area contributed by atoms with Crippen molar-refractivity contribution in [3.63, 3.8) is 0 Å². The summed E-state index contributed by atoms with van der Waals surface area (Å²) in [6, 6.07) is 2.53. The summed E-state index contributed by atoms with van der Waals surface area (Å²) < 4.78 is 5.08. The van der Waals surface area contributed by atoms with Gasteiger partial charge in [0.15, 0.2) is 0 Å². The van der Waals surface area contributed by atoms with Gasteiger partial charge in [0, 0.05) is 30.2 Å². The summed E-state index contributed by atoms with van der Waals surface area (Å²) in [5.74, 6) is 0. The van der Waals surface area contributed by atoms with Crippen molar-refractivity contribution in [1.29, 1.82) is 0 Å². The van der Waals surface area contributed by atoms with Crippen LogP contribution in [0.3, 0.4) is 0 Å². The van der Waals surface area contributed by atoms with Gasteiger partial charge in [0.2, 0.25) is 0 Å². The molecule has 0 fully saturated rings. The van der Waals surface area contributed by atoms with E-state index < -0.39 is 0 Å². The first kappa shape index (κ1) is 14.3. The Labute approximate surface area is 105 Å². The number of furan rings is 1. The molecule has 0 aliphatic rings. The molecular formula is C14H26N2O. The molecular weight excluding hydrogens is 212 g/mol. The molecule has 1 rings (SSSR count). The highest BCUT2D eigenvalue weighted by Gasteiger charge is 2.17. The van der Waals surface area contributed by atoms with Gasteiger partial charge in [-0.3, -0.25) is 4.90 Å². The summed E-state index contributed by atoms with van der Waals surface area (Å²) >= 11 is 0. The Hall–Kier alpha value is -0.800. The highest BCUT2D eigenvalue weighted by atomic mass is 16.3. The Morgan fingerprint density at radius 1 is 1.47 bits per heavy atom. The molecule has 0 aliphatic carbocycles. The summed E-state index contributed by atoms with van der Waals surface area (Å²) in [6.45, 7) is 10.9. The van der Waals surface area contributed by atoms with Crippen LogP contribution >= 0.6 is 0 Å². The van der Waals surface area contributed by atoms with Crippen molar-refractivity contribution >= 4 is 0 Å². The summed E-state index contributed by atoms with van der Waals surface area (Å²) in [6.07, 6.45) is 4.68. The summed E-state index contributed by atoms with van der Waals surface area (Å²) in [5, 5.41) is 3.60. The normalized spacial score (nSPS) is 14.2. The van der Waals surface area contributed by atoms with Crippen LogP contribution in [-0.4, -0.2) is 30.1 Å². The second kappa shape index (κ2) is 6.22. The summed E-state index contributed by atoms with van der Waals surface area (Å²) in [4.78, 5) is 2.34. The van der Waals surface area contributed by atoms with Crippen LogP contribution in [-0.2, 0) is 6.54 Å². The molecule has 0 aromatic carbocycles. The molecule has 1 unspecified atom stereocenters. The lowest BCUT2D eigenvalue weighted by molar-refractivity contribution is 0.223. The maximum absolute atomic E-state index is 5.08. The maximum Gasteiger partial charge on any atom is 0.0947 e. The van der Waals surface area contributed by atoms with Crippen molar-refractivity contribution in [2.24, 2.45) is 0 Å². The average molecular weight is 238 g/mol. The molecule has 3 heteroatoms. The molecule has 0 amide bonds. The zero-order valence-electron chi connectivity index (χ0n) is 11.8. The van der Waals surface area contributed by atoms with Crippen LogP contribution in [0.2, 0.25) is 0 Å². The molecule has 0 saturated carbocycles. The zero-order chi connectivity index (χ0) is 12.9. The first-order chi connectivity index (χ1) is 7.94. The molecule has 0 aliphatic heterocycles. The first-order valence-corrected chi connectivity index (χ1v) is 6.41. The molecule has 1 aromatic rings. The first-order valence-electron chi connectivity index (χ1n) is 6.41. The molecule has 17 heavy (non-hydrogen) atoms. The monoisotopic (exact) mass is 238 g/mol. The molecule has 0 saturated heterocycles. The van der Waals surface area contributed by atoms with Gasteiger partial charge in [-0.25, -0.2) is 0 Å². The van der Waals surface area contributed by atoms with Gasteiger partial charge in [0.1, 0.15) is 0 Å². The van der Waals surface area contributed by atoms with Crippen molar-refractivity contribution in [2.75, 3.05) is 13.6 Å². The van der Waals surface area contributed by atoms with Crippen LogP contribution in [0.4, 0.5) is 0 Å². The largest absolute Gasteiger partial charge is 0.472 e. The van der Waals surface area contributed by atoms with Crippen LogP contribution in [0.25, 0.3) is 0 Å². The standard InChI is InChI=1S/C14H26N2O/c1-6-14(3,4)15-9-12(2)16(5)10-13-7-8-17-11-13/h7-8,11-12,15H,6,9-10H2,1-5H3. The average Bonchev–Trinajstić information content (AvgIpc) is 2.78. The van der Waals surface area contributed by atoms with Crippen molar-refractivity contribution in [1.82, 2.24) is 10.2 Å². The third-order valence-corrected chi connectivity index (χ3v) is 3.52. The Bertz CT molecular complexity index is 306. The van der Waals surface area contributed by atoms with E-state index in [-0.39, 0.29) is 5.54 Å². The Balaban J connectivity index is 2.34. The van der Waals surface area contributed by atoms with Gasteiger partial charge in [0.05, 0.1) is 12.5 Å². The van der Waals surface area contributed by atoms with Crippen molar-refractivity contribution < 1.29 is 4.42 Å². The lowest BCUT2D eigenvalue weighted by Crippen LogP contribution is -2.46. The topological polar surface area (TPSA) is 28.4 Å². The fraction of sp³-hybridized carbons (Fsp3) is 0.714. The minimum Gasteiger partial charge on any atom is -0.472 e. The Morgan fingerprint density at radius 3 is 2.71 bits per heavy atom. The molecule has 0 bridgehead atoms. The Morgan fingerprint density at radius 2 is 2.18 bits per heavy atom. The predicted molar refractivity (Wildman–Crippen MR) is 72.0 cm³/mol. The van der Waals surface area contributed by atoms with Gasteiger partial charge in [-0.15, -0.1) is 0 Å². The predicted octanol–water partition coefficient (Wildman–Crippen LogP) is 2.88. The van der Waals surface area contributed by atoms with Gasteiger partial charge in [-0.2, -0.15) is 0 Å². The van der Waals surface area contributed by atoms with E-state index in [1.54, 1.807) is 6.26 Å². The van der Waals surface area contributed by atoms with Crippen molar-refractivity contribution in [3.05, 3.63) is 24.2 Å². The molecule has 0 radical (unpaired) electrons. The van der Waals surface area contributed by atoms with Gasteiger partial charge in [-0.05, 0) is 40.3 Å². The lowest BCUT2D eigenvalue weighted by atomic mass is 10.0. The molecule has 0 spiro atoms. The van der Waals surface area contributed by atoms with Crippen molar-refractivity contribution in [3.8, 4) is 0 Å². The lowest BCUT2D eigenvalue weighted by Gasteiger charge is -2.30. The van der Waals surface area contributed by atoms with Crippen LogP contribution in [0.5, 0.6) is 0 Å². The van der Waals surface area contributed by atoms with E-state index in [9.17, 15) is 0 Å². The molecule has 1 heterocycles. The smallest absolute Gasteiger partial charge is 0.0947 e. The minimum atomic E-state index is 0.227. The summed E-state index contributed by atoms with van der Waals surface area (Å²) in [7, 11) is 2.15. The minimum absolute atomic E-state index is 0.227. The van der Waals surface area contributed by atoms with E-state index >= 15 is 0 Å². The number of hydrogen-bond donors (Lipinski definition) is 1. The van der Waals surface area contributed by atoms with Crippen LogP contribution in [0, 0.1) is 0 Å². The number of nitrogens with one attached hydrogen (secondary N) is 1. The SMILES string of the molecule is CCC(C)(C)NCC(C)N(C)Cc1ccoc1. The summed E-state index contributed by atoms with van der Waals surface area (Å²) in [5.41, 5.74) is 1.46. The third-order valence-electron chi connectivity index (χ3n) is 3.52. The van der Waals surface area contributed by atoms with Crippen LogP contribution in [0.15, 0.2) is 23.0 Å². The number of nitrogens with zero attached hydrogens (tertiary/aromatic N) is 1. The highest BCUT2D eigenvalue weighted by Crippen LogP contribution is 2.09. The fourth-order valence-corrected chi connectivity index (χ4v) is 1.53. The molecule has 3 nitrogen and oxygen atoms in total. The van der Waals surface area contributed by atoms with E-state index in [1.165, 1.54) is 5.56 Å². The molecule has 98 valence electrons. The van der Waals surface area contributed by atoms with E-state index in [0.29, 0.717) is 6.04 Å². The van der Waals surface area contributed by atoms with E-state index in [2.05, 4.69) is 45.0 Å². The molecule has 1 N–H and O–H groups in total. The third kappa shape index (κ3) is 4.92. The zero-order valence-corrected chi connectivity index (χ0v) is 11.8. The van der Waals surface area contributed by atoms with E-state index in [0.717, 1.165) is 19.5 Å². The van der Waals surface area contributed by atoms with Crippen LogP contribution < -0.4 is 5.32 Å². The molecule has 1 atom stereocenters. The molecule has 1 aromatic heterocycles. The highest BCUT2D eigenvalue weighted by molar-refractivity contribution is 5.04. The van der Waals surface area contributed by atoms with Gasteiger partial charge in [0.25, 0.3) is 0 Å². The number of rotatable bonds is 7. The maximum atomic E-state index is 5.08. The second-order valence-electron chi connectivity index (χ2n) is 5.51. The quantitative estimate of drug-likeness (QED) is 0.792. The van der Waals surface area contributed by atoms with Crippen LogP contribution in [0.1, 0.15) is 39.7 Å². The van der Waals surface area contributed by atoms with Gasteiger partial charge >= 0.3 is 0 Å². The van der Waals surface area contributed by atoms with E-state index in [4.69, 9.17) is 4.42 Å². The second-order valence-corrected chi connectivity index (χ2v) is 5.51. The Kier molecular flexibility index (Phi) is 5.22. The van der Waals surface area contributed by atoms with Gasteiger partial charge in [-0.1, -0.05) is 6.92 Å². The van der Waals surface area contributed by atoms with Crippen molar-refractivity contribution in [2.45, 2.75) is 52.2 Å². The number of hydrogen-bond acceptors (Lipinski definition) is 3. The van der Waals surface area contributed by atoms with Gasteiger partial charge < -0.3 is 9.73 Å². The fourth-order valence-electron chi connectivity index (χ4n) is 1.53. The number of likely N-dealkylation sites (N-methyl/N-ethyl adjacent to an activating group) is 1.